The first kappa shape index (κ1) is 16.7. The second-order valence-corrected chi connectivity index (χ2v) is 7.41. The van der Waals surface area contributed by atoms with E-state index in [4.69, 9.17) is 0 Å². The molecule has 2 rings (SSSR count). The molecule has 1 fully saturated rings. The number of nitrogens with one attached hydrogen (secondary N) is 1. The molecule has 1 aromatic heterocycles. The molecule has 5 heteroatoms. The molecule has 1 amide bonds. The molecule has 1 aliphatic heterocycles. The normalized spacial score (nSPS) is 16.9. The molecule has 2 heterocycles. The van der Waals surface area contributed by atoms with Gasteiger partial charge in [-0.25, -0.2) is 9.97 Å². The summed E-state index contributed by atoms with van der Waals surface area (Å²) in [7, 11) is 0. The van der Waals surface area contributed by atoms with E-state index in [9.17, 15) is 4.79 Å². The largest absolute Gasteiger partial charge is 0.367 e. The number of anilines is 1. The average molecular weight is 304 g/mol. The highest BCUT2D eigenvalue weighted by Gasteiger charge is 2.24. The number of likely N-dealkylation sites (tertiary alicyclic amines) is 1. The standard InChI is InChI=1S/C17H28N4O/c1-12(2)15(22)21-10-7-13(8-11-21)19-14-6-9-18-16(20-14)17(3,4)5/h6,9,12-13H,7-8,10-11H2,1-5H3,(H,18,19,20). The van der Waals surface area contributed by atoms with E-state index in [1.165, 1.54) is 0 Å². The summed E-state index contributed by atoms with van der Waals surface area (Å²) in [5, 5.41) is 3.49. The van der Waals surface area contributed by atoms with Crippen LogP contribution in [-0.2, 0) is 10.2 Å². The molecule has 0 aliphatic carbocycles. The number of amides is 1. The minimum absolute atomic E-state index is 0.0509. The molecule has 1 N–H and O–H groups in total. The molecule has 5 nitrogen and oxygen atoms in total. The van der Waals surface area contributed by atoms with Gasteiger partial charge < -0.3 is 10.2 Å². The molecule has 0 unspecified atom stereocenters. The van der Waals surface area contributed by atoms with Crippen LogP contribution < -0.4 is 5.32 Å². The van der Waals surface area contributed by atoms with Crippen molar-refractivity contribution in [1.82, 2.24) is 14.9 Å². The van der Waals surface area contributed by atoms with Gasteiger partial charge in [-0.3, -0.25) is 4.79 Å². The Morgan fingerprint density at radius 3 is 2.50 bits per heavy atom. The Bertz CT molecular complexity index is 514. The van der Waals surface area contributed by atoms with Gasteiger partial charge in [0.1, 0.15) is 11.6 Å². The van der Waals surface area contributed by atoms with Crippen molar-refractivity contribution < 1.29 is 4.79 Å². The predicted octanol–water partition coefficient (Wildman–Crippen LogP) is 2.83. The Hall–Kier alpha value is -1.65. The quantitative estimate of drug-likeness (QED) is 0.933. The van der Waals surface area contributed by atoms with Crippen LogP contribution in [0.4, 0.5) is 5.82 Å². The summed E-state index contributed by atoms with van der Waals surface area (Å²) in [6, 6.07) is 2.29. The van der Waals surface area contributed by atoms with E-state index in [0.29, 0.717) is 6.04 Å². The van der Waals surface area contributed by atoms with E-state index in [1.807, 2.05) is 31.0 Å². The van der Waals surface area contributed by atoms with Crippen molar-refractivity contribution in [3.63, 3.8) is 0 Å². The first-order valence-electron chi connectivity index (χ1n) is 8.16. The zero-order valence-corrected chi connectivity index (χ0v) is 14.4. The van der Waals surface area contributed by atoms with E-state index >= 15 is 0 Å². The Morgan fingerprint density at radius 2 is 1.95 bits per heavy atom. The molecule has 122 valence electrons. The summed E-state index contributed by atoms with van der Waals surface area (Å²) < 4.78 is 0. The molecule has 22 heavy (non-hydrogen) atoms. The number of piperidine rings is 1. The lowest BCUT2D eigenvalue weighted by Crippen LogP contribution is -2.44. The smallest absolute Gasteiger partial charge is 0.225 e. The Kier molecular flexibility index (Phi) is 5.04. The zero-order chi connectivity index (χ0) is 16.3. The summed E-state index contributed by atoms with van der Waals surface area (Å²) in [5.41, 5.74) is -0.0509. The number of rotatable bonds is 3. The third-order valence-electron chi connectivity index (χ3n) is 3.98. The molecule has 0 saturated carbocycles. The van der Waals surface area contributed by atoms with Crippen molar-refractivity contribution in [2.24, 2.45) is 5.92 Å². The second-order valence-electron chi connectivity index (χ2n) is 7.41. The maximum Gasteiger partial charge on any atom is 0.225 e. The molecule has 1 aromatic rings. The van der Waals surface area contributed by atoms with E-state index < -0.39 is 0 Å². The zero-order valence-electron chi connectivity index (χ0n) is 14.4. The van der Waals surface area contributed by atoms with Crippen LogP contribution >= 0.6 is 0 Å². The third-order valence-corrected chi connectivity index (χ3v) is 3.98. The topological polar surface area (TPSA) is 58.1 Å². The minimum atomic E-state index is -0.0509. The number of carbonyl (C=O) groups is 1. The third kappa shape index (κ3) is 4.18. The van der Waals surface area contributed by atoms with E-state index in [0.717, 1.165) is 37.6 Å². The minimum Gasteiger partial charge on any atom is -0.367 e. The van der Waals surface area contributed by atoms with E-state index in [2.05, 4.69) is 36.1 Å². The number of carbonyl (C=O) groups excluding carboxylic acids is 1. The molecule has 1 aliphatic rings. The maximum atomic E-state index is 12.0. The molecular formula is C17H28N4O. The molecule has 0 atom stereocenters. The molecule has 0 spiro atoms. The lowest BCUT2D eigenvalue weighted by molar-refractivity contribution is -0.135. The lowest BCUT2D eigenvalue weighted by Gasteiger charge is -2.33. The van der Waals surface area contributed by atoms with Crippen molar-refractivity contribution in [2.45, 2.75) is 58.9 Å². The van der Waals surface area contributed by atoms with Crippen LogP contribution in [0.1, 0.15) is 53.3 Å². The van der Waals surface area contributed by atoms with Gasteiger partial charge in [-0.1, -0.05) is 34.6 Å². The summed E-state index contributed by atoms with van der Waals surface area (Å²) in [4.78, 5) is 23.0. The highest BCUT2D eigenvalue weighted by Crippen LogP contribution is 2.21. The van der Waals surface area contributed by atoms with Crippen LogP contribution in [0.25, 0.3) is 0 Å². The van der Waals surface area contributed by atoms with Gasteiger partial charge in [0.15, 0.2) is 0 Å². The number of nitrogens with zero attached hydrogens (tertiary/aromatic N) is 3. The Labute approximate surface area is 133 Å². The van der Waals surface area contributed by atoms with Gasteiger partial charge in [0.2, 0.25) is 5.91 Å². The summed E-state index contributed by atoms with van der Waals surface area (Å²) >= 11 is 0. The van der Waals surface area contributed by atoms with Crippen LogP contribution in [0.15, 0.2) is 12.3 Å². The van der Waals surface area contributed by atoms with Gasteiger partial charge >= 0.3 is 0 Å². The number of hydrogen-bond acceptors (Lipinski definition) is 4. The van der Waals surface area contributed by atoms with Crippen molar-refractivity contribution >= 4 is 11.7 Å². The van der Waals surface area contributed by atoms with Gasteiger partial charge in [0, 0.05) is 36.7 Å². The SMILES string of the molecule is CC(C)C(=O)N1CCC(Nc2ccnc(C(C)(C)C)n2)CC1. The van der Waals surface area contributed by atoms with Crippen LogP contribution in [-0.4, -0.2) is 39.9 Å². The van der Waals surface area contributed by atoms with Crippen LogP contribution in [0.3, 0.4) is 0 Å². The van der Waals surface area contributed by atoms with Crippen molar-refractivity contribution in [3.8, 4) is 0 Å². The van der Waals surface area contributed by atoms with Gasteiger partial charge in [-0.2, -0.15) is 0 Å². The monoisotopic (exact) mass is 304 g/mol. The van der Waals surface area contributed by atoms with Crippen molar-refractivity contribution in [1.29, 1.82) is 0 Å². The highest BCUT2D eigenvalue weighted by molar-refractivity contribution is 5.78. The fraction of sp³-hybridized carbons (Fsp3) is 0.706. The molecule has 1 saturated heterocycles. The molecule has 0 bridgehead atoms. The number of aromatic nitrogens is 2. The van der Waals surface area contributed by atoms with Gasteiger partial charge in [0.25, 0.3) is 0 Å². The van der Waals surface area contributed by atoms with Gasteiger partial charge in [-0.05, 0) is 18.9 Å². The fourth-order valence-corrected chi connectivity index (χ4v) is 2.62. The molecule has 0 radical (unpaired) electrons. The van der Waals surface area contributed by atoms with Crippen LogP contribution in [0, 0.1) is 5.92 Å². The van der Waals surface area contributed by atoms with Gasteiger partial charge in [0.05, 0.1) is 0 Å². The molecule has 0 aromatic carbocycles. The van der Waals surface area contributed by atoms with Gasteiger partial charge in [-0.15, -0.1) is 0 Å². The lowest BCUT2D eigenvalue weighted by atomic mass is 9.96. The summed E-state index contributed by atoms with van der Waals surface area (Å²) in [6.45, 7) is 11.9. The summed E-state index contributed by atoms with van der Waals surface area (Å²) in [5.74, 6) is 2.08. The van der Waals surface area contributed by atoms with Crippen molar-refractivity contribution in [3.05, 3.63) is 18.1 Å². The first-order chi connectivity index (χ1) is 10.3. The van der Waals surface area contributed by atoms with Crippen LogP contribution in [0.2, 0.25) is 0 Å². The highest BCUT2D eigenvalue weighted by atomic mass is 16.2. The first-order valence-corrected chi connectivity index (χ1v) is 8.16. The molecular weight excluding hydrogens is 276 g/mol. The Morgan fingerprint density at radius 1 is 1.32 bits per heavy atom. The average Bonchev–Trinajstić information content (AvgIpc) is 2.46. The second kappa shape index (κ2) is 6.63. The number of hydrogen-bond donors (Lipinski definition) is 1. The van der Waals surface area contributed by atoms with E-state index in [1.54, 1.807) is 0 Å². The van der Waals surface area contributed by atoms with Crippen molar-refractivity contribution in [2.75, 3.05) is 18.4 Å². The van der Waals surface area contributed by atoms with E-state index in [-0.39, 0.29) is 17.2 Å². The Balaban J connectivity index is 1.93. The predicted molar refractivity (Wildman–Crippen MR) is 88.8 cm³/mol. The maximum absolute atomic E-state index is 12.0. The fourth-order valence-electron chi connectivity index (χ4n) is 2.62. The summed E-state index contributed by atoms with van der Waals surface area (Å²) in [6.07, 6.45) is 3.74. The van der Waals surface area contributed by atoms with Crippen LogP contribution in [0.5, 0.6) is 0 Å².